The van der Waals surface area contributed by atoms with Gasteiger partial charge in [-0.25, -0.2) is 4.39 Å². The molecular weight excluding hydrogens is 215 g/mol. The van der Waals surface area contributed by atoms with Crippen LogP contribution in [0.4, 0.5) is 10.1 Å². The van der Waals surface area contributed by atoms with Gasteiger partial charge < -0.3 is 10.6 Å². The van der Waals surface area contributed by atoms with Crippen LogP contribution in [0.1, 0.15) is 24.8 Å². The van der Waals surface area contributed by atoms with Crippen LogP contribution in [0.3, 0.4) is 0 Å². The third-order valence-corrected chi connectivity index (χ3v) is 4.17. The van der Waals surface area contributed by atoms with Crippen LogP contribution in [0.15, 0.2) is 18.2 Å². The van der Waals surface area contributed by atoms with Crippen LogP contribution < -0.4 is 10.6 Å². The van der Waals surface area contributed by atoms with Crippen molar-refractivity contribution in [3.8, 4) is 0 Å². The Hall–Kier alpha value is -1.09. The summed E-state index contributed by atoms with van der Waals surface area (Å²) < 4.78 is 13.3. The Kier molecular flexibility index (Phi) is 2.79. The first-order chi connectivity index (χ1) is 8.28. The smallest absolute Gasteiger partial charge is 0.123 e. The van der Waals surface area contributed by atoms with Gasteiger partial charge >= 0.3 is 0 Å². The van der Waals surface area contributed by atoms with Gasteiger partial charge in [0.05, 0.1) is 0 Å². The highest BCUT2D eigenvalue weighted by atomic mass is 19.1. The second kappa shape index (κ2) is 4.30. The number of piperidine rings is 1. The zero-order chi connectivity index (χ0) is 11.8. The van der Waals surface area contributed by atoms with E-state index in [9.17, 15) is 4.39 Å². The lowest BCUT2D eigenvalue weighted by Crippen LogP contribution is -2.32. The van der Waals surface area contributed by atoms with Gasteiger partial charge in [0.25, 0.3) is 0 Å². The lowest BCUT2D eigenvalue weighted by Gasteiger charge is -2.31. The van der Waals surface area contributed by atoms with Gasteiger partial charge in [0.2, 0.25) is 0 Å². The highest BCUT2D eigenvalue weighted by molar-refractivity contribution is 5.56. The molecule has 2 bridgehead atoms. The van der Waals surface area contributed by atoms with Crippen molar-refractivity contribution in [2.45, 2.75) is 31.7 Å². The van der Waals surface area contributed by atoms with Gasteiger partial charge in [0.15, 0.2) is 0 Å². The van der Waals surface area contributed by atoms with Gasteiger partial charge in [-0.2, -0.15) is 0 Å². The Morgan fingerprint density at radius 2 is 2.24 bits per heavy atom. The van der Waals surface area contributed by atoms with E-state index in [0.717, 1.165) is 24.4 Å². The van der Waals surface area contributed by atoms with Gasteiger partial charge in [0, 0.05) is 18.3 Å². The summed E-state index contributed by atoms with van der Waals surface area (Å²) in [7, 11) is 0. The first kappa shape index (κ1) is 11.0. The largest absolute Gasteiger partial charge is 0.368 e. The summed E-state index contributed by atoms with van der Waals surface area (Å²) in [4.78, 5) is 2.47. The molecule has 2 fully saturated rings. The van der Waals surface area contributed by atoms with E-state index in [0.29, 0.717) is 12.6 Å². The predicted octanol–water partition coefficient (Wildman–Crippen LogP) is 2.32. The molecular formula is C14H19FN2. The maximum Gasteiger partial charge on any atom is 0.123 e. The standard InChI is InChI=1S/C14H19FN2/c15-12-2-4-14(11(8-12)5-6-16)17-9-10-1-3-13(17)7-10/h2,4,8,10,13H,1,3,5-7,9,16H2. The van der Waals surface area contributed by atoms with E-state index in [1.165, 1.54) is 24.9 Å². The van der Waals surface area contributed by atoms with Crippen molar-refractivity contribution in [2.24, 2.45) is 11.7 Å². The number of nitrogens with two attached hydrogens (primary N) is 1. The third kappa shape index (κ3) is 1.93. The summed E-state index contributed by atoms with van der Waals surface area (Å²) in [6.07, 6.45) is 4.75. The number of rotatable bonds is 3. The third-order valence-electron chi connectivity index (χ3n) is 4.17. The molecule has 0 radical (unpaired) electrons. The zero-order valence-electron chi connectivity index (χ0n) is 10.0. The van der Waals surface area contributed by atoms with E-state index in [2.05, 4.69) is 4.90 Å². The highest BCUT2D eigenvalue weighted by Gasteiger charge is 2.38. The van der Waals surface area contributed by atoms with Gasteiger partial charge in [-0.3, -0.25) is 0 Å². The lowest BCUT2D eigenvalue weighted by molar-refractivity contribution is 0.551. The Balaban J connectivity index is 1.91. The average Bonchev–Trinajstić information content (AvgIpc) is 2.91. The normalized spacial score (nSPS) is 26.8. The highest BCUT2D eigenvalue weighted by Crippen LogP contribution is 2.41. The molecule has 92 valence electrons. The van der Waals surface area contributed by atoms with Crippen molar-refractivity contribution in [2.75, 3.05) is 18.0 Å². The molecule has 1 aliphatic carbocycles. The number of halogens is 1. The predicted molar refractivity (Wildman–Crippen MR) is 67.6 cm³/mol. The van der Waals surface area contributed by atoms with Crippen molar-refractivity contribution in [3.63, 3.8) is 0 Å². The molecule has 1 saturated carbocycles. The molecule has 1 aromatic rings. The molecule has 1 aliphatic heterocycles. The van der Waals surface area contributed by atoms with E-state index in [4.69, 9.17) is 5.73 Å². The van der Waals surface area contributed by atoms with Crippen LogP contribution in [-0.2, 0) is 6.42 Å². The van der Waals surface area contributed by atoms with E-state index in [1.54, 1.807) is 12.1 Å². The fourth-order valence-corrected chi connectivity index (χ4v) is 3.41. The summed E-state index contributed by atoms with van der Waals surface area (Å²) in [5, 5.41) is 0. The molecule has 1 heterocycles. The van der Waals surface area contributed by atoms with Crippen LogP contribution >= 0.6 is 0 Å². The fraction of sp³-hybridized carbons (Fsp3) is 0.571. The minimum absolute atomic E-state index is 0.151. The van der Waals surface area contributed by atoms with Crippen molar-refractivity contribution < 1.29 is 4.39 Å². The molecule has 2 nitrogen and oxygen atoms in total. The summed E-state index contributed by atoms with van der Waals surface area (Å²) in [6.45, 7) is 1.73. The van der Waals surface area contributed by atoms with Crippen LogP contribution in [0, 0.1) is 11.7 Å². The van der Waals surface area contributed by atoms with Crippen molar-refractivity contribution in [1.82, 2.24) is 0 Å². The number of hydrogen-bond donors (Lipinski definition) is 1. The maximum absolute atomic E-state index is 13.3. The van der Waals surface area contributed by atoms with Gasteiger partial charge in [-0.15, -0.1) is 0 Å². The summed E-state index contributed by atoms with van der Waals surface area (Å²) in [5.74, 6) is 0.706. The second-order valence-electron chi connectivity index (χ2n) is 5.30. The molecule has 2 N–H and O–H groups in total. The fourth-order valence-electron chi connectivity index (χ4n) is 3.41. The molecule has 1 saturated heterocycles. The van der Waals surface area contributed by atoms with Crippen molar-refractivity contribution in [3.05, 3.63) is 29.6 Å². The SMILES string of the molecule is NCCc1cc(F)ccc1N1CC2CCC1C2. The maximum atomic E-state index is 13.3. The van der Waals surface area contributed by atoms with Gasteiger partial charge in [-0.05, 0) is 61.9 Å². The molecule has 17 heavy (non-hydrogen) atoms. The summed E-state index contributed by atoms with van der Waals surface area (Å²) >= 11 is 0. The number of benzene rings is 1. The molecule has 3 heteroatoms. The number of hydrogen-bond acceptors (Lipinski definition) is 2. The summed E-state index contributed by atoms with van der Waals surface area (Å²) in [6, 6.07) is 5.83. The molecule has 1 aromatic carbocycles. The average molecular weight is 234 g/mol. The first-order valence-corrected chi connectivity index (χ1v) is 6.53. The van der Waals surface area contributed by atoms with Gasteiger partial charge in [0.1, 0.15) is 5.82 Å². The van der Waals surface area contributed by atoms with E-state index in [-0.39, 0.29) is 5.82 Å². The molecule has 0 spiro atoms. The van der Waals surface area contributed by atoms with Crippen LogP contribution in [0.25, 0.3) is 0 Å². The monoisotopic (exact) mass is 234 g/mol. The van der Waals surface area contributed by atoms with Crippen LogP contribution in [-0.4, -0.2) is 19.1 Å². The van der Waals surface area contributed by atoms with E-state index in [1.807, 2.05) is 6.07 Å². The second-order valence-corrected chi connectivity index (χ2v) is 5.30. The number of fused-ring (bicyclic) bond motifs is 2. The number of nitrogens with zero attached hydrogens (tertiary/aromatic N) is 1. The van der Waals surface area contributed by atoms with Crippen LogP contribution in [0.2, 0.25) is 0 Å². The Bertz CT molecular complexity index is 419. The molecule has 0 amide bonds. The molecule has 3 rings (SSSR count). The lowest BCUT2D eigenvalue weighted by atomic mass is 10.0. The van der Waals surface area contributed by atoms with E-state index >= 15 is 0 Å². The van der Waals surface area contributed by atoms with Gasteiger partial charge in [-0.1, -0.05) is 0 Å². The molecule has 2 aliphatic rings. The molecule has 2 unspecified atom stereocenters. The molecule has 2 atom stereocenters. The topological polar surface area (TPSA) is 29.3 Å². The minimum Gasteiger partial charge on any atom is -0.368 e. The van der Waals surface area contributed by atoms with E-state index < -0.39 is 0 Å². The quantitative estimate of drug-likeness (QED) is 0.869. The minimum atomic E-state index is -0.151. The summed E-state index contributed by atoms with van der Waals surface area (Å²) in [5.41, 5.74) is 7.89. The first-order valence-electron chi connectivity index (χ1n) is 6.53. The molecule has 0 aromatic heterocycles. The van der Waals surface area contributed by atoms with Crippen molar-refractivity contribution >= 4 is 5.69 Å². The zero-order valence-corrected chi connectivity index (χ0v) is 10.0. The van der Waals surface area contributed by atoms with Crippen molar-refractivity contribution in [1.29, 1.82) is 0 Å². The Morgan fingerprint density at radius 1 is 1.35 bits per heavy atom. The Morgan fingerprint density at radius 3 is 2.88 bits per heavy atom. The Labute approximate surface area is 102 Å². The number of anilines is 1. The van der Waals surface area contributed by atoms with Crippen LogP contribution in [0.5, 0.6) is 0 Å².